The fourth-order valence-electron chi connectivity index (χ4n) is 3.16. The van der Waals surface area contributed by atoms with Crippen LogP contribution in [0.4, 0.5) is 5.69 Å². The molecule has 2 unspecified atom stereocenters. The molecule has 0 bridgehead atoms. The van der Waals surface area contributed by atoms with Gasteiger partial charge >= 0.3 is 5.69 Å². The number of aromatic amines is 1. The van der Waals surface area contributed by atoms with Crippen LogP contribution in [0.5, 0.6) is 0 Å². The molecule has 27 heavy (non-hydrogen) atoms. The van der Waals surface area contributed by atoms with Crippen LogP contribution in [-0.4, -0.2) is 26.4 Å². The maximum Gasteiger partial charge on any atom is 0.365 e. The van der Waals surface area contributed by atoms with Crippen molar-refractivity contribution in [3.05, 3.63) is 68.4 Å². The molecule has 2 aromatic carbocycles. The van der Waals surface area contributed by atoms with Crippen molar-refractivity contribution in [3.63, 3.8) is 0 Å². The minimum atomic E-state index is -0.438. The van der Waals surface area contributed by atoms with Crippen LogP contribution in [0.2, 0.25) is 5.02 Å². The summed E-state index contributed by atoms with van der Waals surface area (Å²) >= 11 is 7.87. The quantitative estimate of drug-likeness (QED) is 0.511. The highest BCUT2D eigenvalue weighted by molar-refractivity contribution is 7.19. The van der Waals surface area contributed by atoms with Gasteiger partial charge in [0.05, 0.1) is 11.4 Å². The fourth-order valence-corrected chi connectivity index (χ4v) is 4.23. The fraction of sp³-hybridized carbons (Fsp3) is 0.167. The molecule has 0 spiro atoms. The van der Waals surface area contributed by atoms with Crippen LogP contribution in [0.15, 0.2) is 47.3 Å². The SMILES string of the molecule is Cc1cc2cc(C3OC3Nc3ccc(Cl)cc3-n3nn[nH]c3=O)ccc2s1. The van der Waals surface area contributed by atoms with Crippen LogP contribution in [0.1, 0.15) is 16.5 Å². The van der Waals surface area contributed by atoms with Gasteiger partial charge in [0.2, 0.25) is 0 Å². The van der Waals surface area contributed by atoms with Crippen molar-refractivity contribution in [1.82, 2.24) is 20.2 Å². The van der Waals surface area contributed by atoms with Gasteiger partial charge in [-0.15, -0.1) is 11.3 Å². The molecule has 2 atom stereocenters. The molecule has 3 heterocycles. The highest BCUT2D eigenvalue weighted by Crippen LogP contribution is 2.41. The second-order valence-corrected chi connectivity index (χ2v) is 8.08. The molecule has 1 fully saturated rings. The number of fused-ring (bicyclic) bond motifs is 1. The van der Waals surface area contributed by atoms with E-state index in [1.165, 1.54) is 15.0 Å². The molecule has 1 aliphatic rings. The zero-order valence-electron chi connectivity index (χ0n) is 14.1. The number of epoxide rings is 1. The summed E-state index contributed by atoms with van der Waals surface area (Å²) in [4.78, 5) is 13.2. The topological polar surface area (TPSA) is 88.1 Å². The number of thiophene rings is 1. The van der Waals surface area contributed by atoms with E-state index in [9.17, 15) is 4.79 Å². The lowest BCUT2D eigenvalue weighted by molar-refractivity contribution is 0.386. The van der Waals surface area contributed by atoms with Gasteiger partial charge in [-0.3, -0.25) is 0 Å². The third kappa shape index (κ3) is 3.01. The second-order valence-electron chi connectivity index (χ2n) is 6.36. The van der Waals surface area contributed by atoms with Crippen LogP contribution >= 0.6 is 22.9 Å². The first-order valence-electron chi connectivity index (χ1n) is 8.31. The average molecular weight is 400 g/mol. The summed E-state index contributed by atoms with van der Waals surface area (Å²) in [5.41, 5.74) is 1.88. The Balaban J connectivity index is 1.42. The lowest BCUT2D eigenvalue weighted by atomic mass is 10.1. The number of anilines is 1. The van der Waals surface area contributed by atoms with Crippen molar-refractivity contribution >= 4 is 38.7 Å². The maximum atomic E-state index is 11.9. The van der Waals surface area contributed by atoms with Gasteiger partial charge in [0.15, 0.2) is 6.23 Å². The van der Waals surface area contributed by atoms with E-state index in [4.69, 9.17) is 16.3 Å². The van der Waals surface area contributed by atoms with Gasteiger partial charge < -0.3 is 10.1 Å². The molecule has 4 aromatic rings. The summed E-state index contributed by atoms with van der Waals surface area (Å²) in [6, 6.07) is 13.8. The Morgan fingerprint density at radius 2 is 2.15 bits per heavy atom. The highest BCUT2D eigenvalue weighted by atomic mass is 35.5. The lowest BCUT2D eigenvalue weighted by Crippen LogP contribution is -2.18. The summed E-state index contributed by atoms with van der Waals surface area (Å²) in [6.07, 6.45) is -0.239. The number of rotatable bonds is 4. The van der Waals surface area contributed by atoms with E-state index < -0.39 is 5.69 Å². The molecule has 1 saturated heterocycles. The summed E-state index contributed by atoms with van der Waals surface area (Å²) in [5, 5.41) is 14.6. The molecule has 0 radical (unpaired) electrons. The third-order valence-electron chi connectivity index (χ3n) is 4.44. The molecule has 5 rings (SSSR count). The molecular formula is C18H14ClN5O2S. The van der Waals surface area contributed by atoms with E-state index in [0.717, 1.165) is 10.2 Å². The van der Waals surface area contributed by atoms with Crippen molar-refractivity contribution in [2.24, 2.45) is 0 Å². The monoisotopic (exact) mass is 399 g/mol. The van der Waals surface area contributed by atoms with E-state index in [1.807, 2.05) is 0 Å². The molecule has 9 heteroatoms. The molecule has 0 amide bonds. The average Bonchev–Trinajstić information content (AvgIpc) is 3.10. The molecular weight excluding hydrogens is 386 g/mol. The Hall–Kier alpha value is -2.68. The normalized spacial score (nSPS) is 18.7. The zero-order valence-corrected chi connectivity index (χ0v) is 15.7. The van der Waals surface area contributed by atoms with Crippen molar-refractivity contribution in [1.29, 1.82) is 0 Å². The van der Waals surface area contributed by atoms with Crippen molar-refractivity contribution in [2.75, 3.05) is 5.32 Å². The van der Waals surface area contributed by atoms with Crippen molar-refractivity contribution in [2.45, 2.75) is 19.3 Å². The molecule has 0 saturated carbocycles. The number of H-pyrrole nitrogens is 1. The standard InChI is InChI=1S/C18H14ClN5O2S/c1-9-6-11-7-10(2-5-15(11)27-9)16-17(26-16)20-13-4-3-12(19)8-14(13)24-18(25)21-22-23-24/h2-8,16-17,20H,1H3,(H,21,23,25). The molecule has 2 aromatic heterocycles. The van der Waals surface area contributed by atoms with Gasteiger partial charge in [0.25, 0.3) is 0 Å². The number of aromatic nitrogens is 4. The number of hydrogen-bond donors (Lipinski definition) is 2. The Morgan fingerprint density at radius 3 is 2.96 bits per heavy atom. The largest absolute Gasteiger partial charge is 0.365 e. The number of hydrogen-bond acceptors (Lipinski definition) is 6. The Morgan fingerprint density at radius 1 is 1.26 bits per heavy atom. The molecule has 2 N–H and O–H groups in total. The summed E-state index contributed by atoms with van der Waals surface area (Å²) in [5.74, 6) is 0. The van der Waals surface area contributed by atoms with E-state index in [2.05, 4.69) is 52.0 Å². The number of aryl methyl sites for hydroxylation is 1. The second kappa shape index (κ2) is 6.19. The van der Waals surface area contributed by atoms with Crippen LogP contribution in [0, 0.1) is 6.92 Å². The highest BCUT2D eigenvalue weighted by Gasteiger charge is 2.41. The predicted octanol–water partition coefficient (Wildman–Crippen LogP) is 3.64. The molecule has 1 aliphatic heterocycles. The number of nitrogens with zero attached hydrogens (tertiary/aromatic N) is 3. The van der Waals surface area contributed by atoms with Gasteiger partial charge in [0, 0.05) is 14.6 Å². The van der Waals surface area contributed by atoms with Crippen LogP contribution < -0.4 is 11.0 Å². The smallest absolute Gasteiger partial charge is 0.356 e. The first kappa shape index (κ1) is 16.5. The maximum absolute atomic E-state index is 11.9. The van der Waals surface area contributed by atoms with Crippen LogP contribution in [0.25, 0.3) is 15.8 Å². The number of ether oxygens (including phenoxy) is 1. The molecule has 136 valence electrons. The number of nitrogens with one attached hydrogen (secondary N) is 2. The summed E-state index contributed by atoms with van der Waals surface area (Å²) in [6.45, 7) is 2.11. The van der Waals surface area contributed by atoms with E-state index in [-0.39, 0.29) is 12.3 Å². The minimum absolute atomic E-state index is 0.0489. The van der Waals surface area contributed by atoms with E-state index in [0.29, 0.717) is 16.4 Å². The molecule has 0 aliphatic carbocycles. The number of halogens is 1. The number of benzene rings is 2. The third-order valence-corrected chi connectivity index (χ3v) is 5.71. The minimum Gasteiger partial charge on any atom is -0.356 e. The first-order chi connectivity index (χ1) is 13.1. The van der Waals surface area contributed by atoms with E-state index >= 15 is 0 Å². The van der Waals surface area contributed by atoms with Crippen molar-refractivity contribution in [3.8, 4) is 5.69 Å². The predicted molar refractivity (Wildman–Crippen MR) is 105 cm³/mol. The van der Waals surface area contributed by atoms with Gasteiger partial charge in [-0.2, -0.15) is 4.68 Å². The first-order valence-corrected chi connectivity index (χ1v) is 9.50. The van der Waals surface area contributed by atoms with Gasteiger partial charge in [0.1, 0.15) is 6.10 Å². The molecule has 7 nitrogen and oxygen atoms in total. The van der Waals surface area contributed by atoms with Gasteiger partial charge in [-0.05, 0) is 64.7 Å². The number of tetrazole rings is 1. The summed E-state index contributed by atoms with van der Waals surface area (Å²) in [7, 11) is 0. The van der Waals surface area contributed by atoms with Crippen LogP contribution in [-0.2, 0) is 4.74 Å². The van der Waals surface area contributed by atoms with Gasteiger partial charge in [-0.25, -0.2) is 9.89 Å². The van der Waals surface area contributed by atoms with Crippen LogP contribution in [0.3, 0.4) is 0 Å². The van der Waals surface area contributed by atoms with Gasteiger partial charge in [-0.1, -0.05) is 17.7 Å². The lowest BCUT2D eigenvalue weighted by Gasteiger charge is -2.09. The Kier molecular flexibility index (Phi) is 3.78. The Bertz CT molecular complexity index is 1210. The van der Waals surface area contributed by atoms with Crippen molar-refractivity contribution < 1.29 is 4.74 Å². The zero-order chi connectivity index (χ0) is 18.5. The summed E-state index contributed by atoms with van der Waals surface area (Å²) < 4.78 is 8.25. The van der Waals surface area contributed by atoms with E-state index in [1.54, 1.807) is 29.5 Å². The Labute approximate surface area is 162 Å².